The molecule has 0 aliphatic rings. The monoisotopic (exact) mass is 562 g/mol. The number of carbonyl (C=O) groups is 2. The highest BCUT2D eigenvalue weighted by Crippen LogP contribution is 2.31. The van der Waals surface area contributed by atoms with E-state index < -0.39 is 17.6 Å². The van der Waals surface area contributed by atoms with Crippen LogP contribution in [0.25, 0.3) is 0 Å². The van der Waals surface area contributed by atoms with E-state index >= 15 is 0 Å². The molecule has 3 aromatic rings. The first-order valence-corrected chi connectivity index (χ1v) is 12.3. The lowest BCUT2D eigenvalue weighted by Gasteiger charge is -2.11. The predicted molar refractivity (Wildman–Crippen MR) is 138 cm³/mol. The minimum Gasteiger partial charge on any atom is -0.492 e. The first-order valence-electron chi connectivity index (χ1n) is 11.5. The van der Waals surface area contributed by atoms with E-state index in [4.69, 9.17) is 4.74 Å². The fraction of sp³-hybridized carbons (Fsp3) is 0.259. The SMILES string of the molecule is CCCCCCOc1ccc(C(=O)Nc2ccc(C(=O)Nc3cccc(C(F)(F)F)c3)cc2)cc1Br. The highest BCUT2D eigenvalue weighted by atomic mass is 79.9. The van der Waals surface area contributed by atoms with E-state index in [1.165, 1.54) is 30.7 Å². The molecule has 2 amide bonds. The second kappa shape index (κ2) is 12.6. The molecule has 0 heterocycles. The third-order valence-corrected chi connectivity index (χ3v) is 5.92. The van der Waals surface area contributed by atoms with Crippen molar-refractivity contribution >= 4 is 39.1 Å². The number of unbranched alkanes of at least 4 members (excludes halogenated alkanes) is 3. The van der Waals surface area contributed by atoms with E-state index in [0.29, 0.717) is 28.1 Å². The zero-order valence-corrected chi connectivity index (χ0v) is 21.2. The summed E-state index contributed by atoms with van der Waals surface area (Å²) in [6.45, 7) is 2.76. The molecule has 0 aromatic heterocycles. The van der Waals surface area contributed by atoms with Crippen LogP contribution in [0.15, 0.2) is 71.2 Å². The van der Waals surface area contributed by atoms with Crippen molar-refractivity contribution in [3.8, 4) is 5.75 Å². The van der Waals surface area contributed by atoms with Crippen LogP contribution in [0.1, 0.15) is 58.9 Å². The number of benzene rings is 3. The Morgan fingerprint density at radius 2 is 1.50 bits per heavy atom. The summed E-state index contributed by atoms with van der Waals surface area (Å²) in [6.07, 6.45) is -0.0943. The first kappa shape index (κ1) is 27.3. The minimum atomic E-state index is -4.50. The van der Waals surface area contributed by atoms with Gasteiger partial charge in [0.05, 0.1) is 16.6 Å². The second-order valence-corrected chi connectivity index (χ2v) is 8.97. The van der Waals surface area contributed by atoms with Gasteiger partial charge in [-0.3, -0.25) is 9.59 Å². The largest absolute Gasteiger partial charge is 0.492 e. The van der Waals surface area contributed by atoms with Crippen molar-refractivity contribution in [2.45, 2.75) is 38.8 Å². The van der Waals surface area contributed by atoms with Crippen LogP contribution in [0.5, 0.6) is 5.75 Å². The molecule has 0 saturated heterocycles. The summed E-state index contributed by atoms with van der Waals surface area (Å²) in [7, 11) is 0. The van der Waals surface area contributed by atoms with Crippen molar-refractivity contribution in [1.82, 2.24) is 0 Å². The molecule has 2 N–H and O–H groups in total. The van der Waals surface area contributed by atoms with E-state index in [2.05, 4.69) is 33.5 Å². The maximum absolute atomic E-state index is 12.9. The third kappa shape index (κ3) is 7.84. The van der Waals surface area contributed by atoms with Gasteiger partial charge in [-0.2, -0.15) is 13.2 Å². The van der Waals surface area contributed by atoms with Crippen molar-refractivity contribution in [2.24, 2.45) is 0 Å². The first-order chi connectivity index (χ1) is 17.2. The van der Waals surface area contributed by atoms with Crippen molar-refractivity contribution in [3.63, 3.8) is 0 Å². The molecule has 0 radical (unpaired) electrons. The molecule has 5 nitrogen and oxygen atoms in total. The molecule has 0 unspecified atom stereocenters. The zero-order chi connectivity index (χ0) is 26.1. The Bertz CT molecular complexity index is 1200. The molecule has 0 aliphatic heterocycles. The number of halogens is 4. The van der Waals surface area contributed by atoms with Gasteiger partial charge in [-0.25, -0.2) is 0 Å². The summed E-state index contributed by atoms with van der Waals surface area (Å²) in [5.41, 5.74) is 0.297. The van der Waals surface area contributed by atoms with Gasteiger partial charge in [-0.15, -0.1) is 0 Å². The van der Waals surface area contributed by atoms with Crippen molar-refractivity contribution < 1.29 is 27.5 Å². The van der Waals surface area contributed by atoms with Gasteiger partial charge in [0.2, 0.25) is 0 Å². The number of nitrogens with one attached hydrogen (secondary N) is 2. The number of hydrogen-bond acceptors (Lipinski definition) is 3. The van der Waals surface area contributed by atoms with E-state index in [1.54, 1.807) is 30.3 Å². The number of ether oxygens (including phenoxy) is 1. The topological polar surface area (TPSA) is 67.4 Å². The molecule has 0 fully saturated rings. The summed E-state index contributed by atoms with van der Waals surface area (Å²) in [6, 6.07) is 15.5. The number of amides is 2. The number of anilines is 2. The van der Waals surface area contributed by atoms with Crippen LogP contribution < -0.4 is 15.4 Å². The molecule has 3 aromatic carbocycles. The molecular weight excluding hydrogens is 537 g/mol. The van der Waals surface area contributed by atoms with Gasteiger partial charge in [0.1, 0.15) is 5.75 Å². The molecule has 0 spiro atoms. The van der Waals surface area contributed by atoms with Gasteiger partial charge in [0.25, 0.3) is 11.8 Å². The van der Waals surface area contributed by atoms with Crippen LogP contribution in [-0.2, 0) is 6.18 Å². The van der Waals surface area contributed by atoms with Gasteiger partial charge in [-0.1, -0.05) is 32.3 Å². The Morgan fingerprint density at radius 1 is 0.833 bits per heavy atom. The number of alkyl halides is 3. The molecule has 0 bridgehead atoms. The Kier molecular flexibility index (Phi) is 9.52. The minimum absolute atomic E-state index is 0.0335. The lowest BCUT2D eigenvalue weighted by molar-refractivity contribution is -0.137. The van der Waals surface area contributed by atoms with Crippen LogP contribution in [0.4, 0.5) is 24.5 Å². The quantitative estimate of drug-likeness (QED) is 0.246. The zero-order valence-electron chi connectivity index (χ0n) is 19.6. The molecule has 190 valence electrons. The smallest absolute Gasteiger partial charge is 0.416 e. The lowest BCUT2D eigenvalue weighted by Crippen LogP contribution is -2.14. The van der Waals surface area contributed by atoms with Gasteiger partial charge >= 0.3 is 6.18 Å². The van der Waals surface area contributed by atoms with E-state index in [9.17, 15) is 22.8 Å². The third-order valence-electron chi connectivity index (χ3n) is 5.30. The Labute approximate surface area is 216 Å². The van der Waals surface area contributed by atoms with Crippen LogP contribution >= 0.6 is 15.9 Å². The fourth-order valence-corrected chi connectivity index (χ4v) is 3.85. The summed E-state index contributed by atoms with van der Waals surface area (Å²) < 4.78 is 45.1. The second-order valence-electron chi connectivity index (χ2n) is 8.12. The van der Waals surface area contributed by atoms with E-state index in [-0.39, 0.29) is 17.2 Å². The molecule has 3 rings (SSSR count). The van der Waals surface area contributed by atoms with E-state index in [0.717, 1.165) is 31.4 Å². The highest BCUT2D eigenvalue weighted by molar-refractivity contribution is 9.10. The summed E-state index contributed by atoms with van der Waals surface area (Å²) >= 11 is 3.44. The summed E-state index contributed by atoms with van der Waals surface area (Å²) in [4.78, 5) is 25.1. The maximum Gasteiger partial charge on any atom is 0.416 e. The van der Waals surface area contributed by atoms with Crippen molar-refractivity contribution in [2.75, 3.05) is 17.2 Å². The Morgan fingerprint density at radius 3 is 2.17 bits per heavy atom. The van der Waals surface area contributed by atoms with Crippen molar-refractivity contribution in [1.29, 1.82) is 0 Å². The predicted octanol–water partition coefficient (Wildman–Crippen LogP) is 7.93. The van der Waals surface area contributed by atoms with Gasteiger partial charge < -0.3 is 15.4 Å². The van der Waals surface area contributed by atoms with Crippen LogP contribution in [0.2, 0.25) is 0 Å². The molecule has 36 heavy (non-hydrogen) atoms. The average molecular weight is 563 g/mol. The Balaban J connectivity index is 1.57. The highest BCUT2D eigenvalue weighted by Gasteiger charge is 2.30. The average Bonchev–Trinajstić information content (AvgIpc) is 2.84. The van der Waals surface area contributed by atoms with Crippen LogP contribution in [0, 0.1) is 0 Å². The van der Waals surface area contributed by atoms with Crippen LogP contribution in [-0.4, -0.2) is 18.4 Å². The van der Waals surface area contributed by atoms with E-state index in [1.807, 2.05) is 0 Å². The molecule has 0 aliphatic carbocycles. The normalized spacial score (nSPS) is 11.1. The number of rotatable bonds is 10. The van der Waals surface area contributed by atoms with Gasteiger partial charge in [0.15, 0.2) is 0 Å². The molecule has 9 heteroatoms. The van der Waals surface area contributed by atoms with Crippen LogP contribution in [0.3, 0.4) is 0 Å². The van der Waals surface area contributed by atoms with Crippen molar-refractivity contribution in [3.05, 3.63) is 87.9 Å². The fourth-order valence-electron chi connectivity index (χ4n) is 3.35. The number of carbonyl (C=O) groups excluding carboxylic acids is 2. The van der Waals surface area contributed by atoms with Gasteiger partial charge in [0, 0.05) is 22.5 Å². The molecule has 0 saturated carbocycles. The summed E-state index contributed by atoms with van der Waals surface area (Å²) in [5, 5.41) is 5.20. The molecular formula is C27H26BrF3N2O3. The number of hydrogen-bond donors (Lipinski definition) is 2. The summed E-state index contributed by atoms with van der Waals surface area (Å²) in [5.74, 6) is -0.244. The Hall–Kier alpha value is -3.33. The maximum atomic E-state index is 12.9. The standard InChI is InChI=1S/C27H26BrF3N2O3/c1-2-3-4-5-15-36-24-14-11-19(16-23(24)28)26(35)32-21-12-9-18(10-13-21)25(34)33-22-8-6-7-20(17-22)27(29,30)31/h6-14,16-17H,2-5,15H2,1H3,(H,32,35)(H,33,34). The van der Waals surface area contributed by atoms with Gasteiger partial charge in [-0.05, 0) is 83.0 Å². The molecule has 0 atom stereocenters. The lowest BCUT2D eigenvalue weighted by atomic mass is 10.1.